The molecule has 21 heavy (non-hydrogen) atoms. The number of amides is 1. The Bertz CT molecular complexity index is 415. The van der Waals surface area contributed by atoms with E-state index in [1.54, 1.807) is 5.57 Å². The monoisotopic (exact) mass is 287 g/mol. The maximum absolute atomic E-state index is 12.8. The SMILES string of the molecule is O=C(NCCC1=CCCCC1)C12CC3CC(CC(C3)C1)C2. The van der Waals surface area contributed by atoms with Crippen LogP contribution < -0.4 is 5.32 Å². The van der Waals surface area contributed by atoms with Crippen molar-refractivity contribution in [1.82, 2.24) is 5.32 Å². The van der Waals surface area contributed by atoms with Crippen LogP contribution in [0.15, 0.2) is 11.6 Å². The van der Waals surface area contributed by atoms with Gasteiger partial charge in [-0.15, -0.1) is 0 Å². The van der Waals surface area contributed by atoms with Gasteiger partial charge in [-0.05, 0) is 88.4 Å². The molecule has 5 rings (SSSR count). The summed E-state index contributed by atoms with van der Waals surface area (Å²) in [6.07, 6.45) is 16.5. The molecular weight excluding hydrogens is 258 g/mol. The molecule has 0 heterocycles. The van der Waals surface area contributed by atoms with Gasteiger partial charge in [-0.1, -0.05) is 11.6 Å². The van der Waals surface area contributed by atoms with E-state index in [1.165, 1.54) is 64.2 Å². The molecule has 4 bridgehead atoms. The van der Waals surface area contributed by atoms with E-state index in [-0.39, 0.29) is 5.41 Å². The lowest BCUT2D eigenvalue weighted by atomic mass is 9.49. The lowest BCUT2D eigenvalue weighted by Crippen LogP contribution is -2.53. The van der Waals surface area contributed by atoms with Gasteiger partial charge < -0.3 is 5.32 Å². The lowest BCUT2D eigenvalue weighted by Gasteiger charge is -2.55. The number of hydrogen-bond donors (Lipinski definition) is 1. The van der Waals surface area contributed by atoms with Crippen LogP contribution in [0.25, 0.3) is 0 Å². The third kappa shape index (κ3) is 2.66. The van der Waals surface area contributed by atoms with Crippen molar-refractivity contribution in [2.75, 3.05) is 6.54 Å². The Morgan fingerprint density at radius 1 is 1.10 bits per heavy atom. The molecular formula is C19H29NO. The Hall–Kier alpha value is -0.790. The molecule has 0 aliphatic heterocycles. The number of carbonyl (C=O) groups excluding carboxylic acids is 1. The first-order valence-corrected chi connectivity index (χ1v) is 9.20. The van der Waals surface area contributed by atoms with E-state index in [1.807, 2.05) is 0 Å². The molecule has 0 aromatic heterocycles. The highest BCUT2D eigenvalue weighted by Gasteiger charge is 2.54. The third-order valence-electron chi connectivity index (χ3n) is 6.64. The van der Waals surface area contributed by atoms with E-state index < -0.39 is 0 Å². The van der Waals surface area contributed by atoms with Gasteiger partial charge in [0.2, 0.25) is 5.91 Å². The van der Waals surface area contributed by atoms with Crippen LogP contribution in [0.1, 0.15) is 70.6 Å². The zero-order chi connectivity index (χ0) is 14.3. The average Bonchev–Trinajstić information content (AvgIpc) is 2.47. The van der Waals surface area contributed by atoms with E-state index in [2.05, 4.69) is 11.4 Å². The zero-order valence-electron chi connectivity index (χ0n) is 13.2. The van der Waals surface area contributed by atoms with E-state index in [9.17, 15) is 4.79 Å². The van der Waals surface area contributed by atoms with Gasteiger partial charge in [0.1, 0.15) is 0 Å². The fraction of sp³-hybridized carbons (Fsp3) is 0.842. The number of hydrogen-bond acceptors (Lipinski definition) is 1. The molecule has 0 atom stereocenters. The van der Waals surface area contributed by atoms with E-state index in [0.717, 1.165) is 30.7 Å². The summed E-state index contributed by atoms with van der Waals surface area (Å²) in [5.74, 6) is 2.99. The Morgan fingerprint density at radius 3 is 2.33 bits per heavy atom. The molecule has 4 saturated carbocycles. The molecule has 0 aromatic carbocycles. The molecule has 116 valence electrons. The molecule has 1 N–H and O–H groups in total. The molecule has 0 radical (unpaired) electrons. The highest BCUT2D eigenvalue weighted by Crippen LogP contribution is 2.60. The second-order valence-corrected chi connectivity index (χ2v) is 8.31. The fourth-order valence-corrected chi connectivity index (χ4v) is 6.04. The van der Waals surface area contributed by atoms with Gasteiger partial charge in [0.05, 0.1) is 0 Å². The van der Waals surface area contributed by atoms with Crippen LogP contribution in [0.2, 0.25) is 0 Å². The number of nitrogens with one attached hydrogen (secondary N) is 1. The smallest absolute Gasteiger partial charge is 0.226 e. The van der Waals surface area contributed by atoms with Gasteiger partial charge in [0, 0.05) is 12.0 Å². The highest BCUT2D eigenvalue weighted by atomic mass is 16.2. The van der Waals surface area contributed by atoms with Crippen LogP contribution >= 0.6 is 0 Å². The predicted octanol–water partition coefficient (Wildman–Crippen LogP) is 4.21. The normalized spacial score (nSPS) is 41.0. The minimum Gasteiger partial charge on any atom is -0.355 e. The van der Waals surface area contributed by atoms with Crippen molar-refractivity contribution in [3.05, 3.63) is 11.6 Å². The third-order valence-corrected chi connectivity index (χ3v) is 6.64. The van der Waals surface area contributed by atoms with Gasteiger partial charge in [-0.2, -0.15) is 0 Å². The second kappa shape index (κ2) is 5.44. The lowest BCUT2D eigenvalue weighted by molar-refractivity contribution is -0.146. The summed E-state index contributed by atoms with van der Waals surface area (Å²) in [6, 6.07) is 0. The largest absolute Gasteiger partial charge is 0.355 e. The summed E-state index contributed by atoms with van der Waals surface area (Å²) in [5.41, 5.74) is 1.61. The molecule has 1 amide bonds. The molecule has 5 aliphatic rings. The van der Waals surface area contributed by atoms with Crippen molar-refractivity contribution >= 4 is 5.91 Å². The van der Waals surface area contributed by atoms with E-state index in [4.69, 9.17) is 0 Å². The van der Waals surface area contributed by atoms with Crippen LogP contribution in [0.4, 0.5) is 0 Å². The van der Waals surface area contributed by atoms with Crippen molar-refractivity contribution in [3.8, 4) is 0 Å². The van der Waals surface area contributed by atoms with Gasteiger partial charge in [-0.3, -0.25) is 4.79 Å². The topological polar surface area (TPSA) is 29.1 Å². The molecule has 2 heteroatoms. The Balaban J connectivity index is 1.33. The van der Waals surface area contributed by atoms with Crippen molar-refractivity contribution < 1.29 is 4.79 Å². The average molecular weight is 287 g/mol. The molecule has 4 fully saturated rings. The first kappa shape index (κ1) is 13.8. The summed E-state index contributed by atoms with van der Waals surface area (Å²) in [5, 5.41) is 3.31. The summed E-state index contributed by atoms with van der Waals surface area (Å²) in [7, 11) is 0. The quantitative estimate of drug-likeness (QED) is 0.771. The summed E-state index contributed by atoms with van der Waals surface area (Å²) in [6.45, 7) is 0.867. The molecule has 5 aliphatic carbocycles. The van der Waals surface area contributed by atoms with Gasteiger partial charge in [0.15, 0.2) is 0 Å². The maximum Gasteiger partial charge on any atom is 0.226 e. The van der Waals surface area contributed by atoms with Crippen molar-refractivity contribution in [1.29, 1.82) is 0 Å². The minimum absolute atomic E-state index is 0.0374. The summed E-state index contributed by atoms with van der Waals surface area (Å²) >= 11 is 0. The number of rotatable bonds is 4. The minimum atomic E-state index is 0.0374. The molecule has 0 saturated heterocycles. The first-order chi connectivity index (χ1) is 10.2. The molecule has 0 unspecified atom stereocenters. The summed E-state index contributed by atoms with van der Waals surface area (Å²) in [4.78, 5) is 12.8. The van der Waals surface area contributed by atoms with Crippen molar-refractivity contribution in [3.63, 3.8) is 0 Å². The Labute approximate surface area is 128 Å². The molecule has 2 nitrogen and oxygen atoms in total. The predicted molar refractivity (Wildman–Crippen MR) is 84.8 cm³/mol. The Morgan fingerprint density at radius 2 is 1.76 bits per heavy atom. The van der Waals surface area contributed by atoms with Crippen LogP contribution in [-0.4, -0.2) is 12.5 Å². The first-order valence-electron chi connectivity index (χ1n) is 9.20. The number of carbonyl (C=O) groups is 1. The van der Waals surface area contributed by atoms with Crippen LogP contribution in [0.5, 0.6) is 0 Å². The van der Waals surface area contributed by atoms with E-state index in [0.29, 0.717) is 5.91 Å². The molecule has 0 spiro atoms. The van der Waals surface area contributed by atoms with Gasteiger partial charge >= 0.3 is 0 Å². The zero-order valence-corrected chi connectivity index (χ0v) is 13.2. The highest BCUT2D eigenvalue weighted by molar-refractivity contribution is 5.83. The van der Waals surface area contributed by atoms with Gasteiger partial charge in [-0.25, -0.2) is 0 Å². The second-order valence-electron chi connectivity index (χ2n) is 8.31. The van der Waals surface area contributed by atoms with E-state index >= 15 is 0 Å². The fourth-order valence-electron chi connectivity index (χ4n) is 6.04. The van der Waals surface area contributed by atoms with Crippen molar-refractivity contribution in [2.45, 2.75) is 70.6 Å². The maximum atomic E-state index is 12.8. The van der Waals surface area contributed by atoms with Crippen LogP contribution in [0, 0.1) is 23.2 Å². The molecule has 0 aromatic rings. The number of allylic oxidation sites excluding steroid dienone is 1. The van der Waals surface area contributed by atoms with Crippen molar-refractivity contribution in [2.24, 2.45) is 23.2 Å². The van der Waals surface area contributed by atoms with Crippen LogP contribution in [0.3, 0.4) is 0 Å². The van der Waals surface area contributed by atoms with Crippen LogP contribution in [-0.2, 0) is 4.79 Å². The Kier molecular flexibility index (Phi) is 3.59. The standard InChI is InChI=1S/C19H29NO/c21-18(20-7-6-14-4-2-1-3-5-14)19-11-15-8-16(12-19)10-17(9-15)13-19/h4,15-17H,1-3,5-13H2,(H,20,21). The van der Waals surface area contributed by atoms with Gasteiger partial charge in [0.25, 0.3) is 0 Å². The summed E-state index contributed by atoms with van der Waals surface area (Å²) < 4.78 is 0.